The van der Waals surface area contributed by atoms with Crippen LogP contribution in [0.15, 0.2) is 30.3 Å². The molecular formula is C20H28N2O4. The van der Waals surface area contributed by atoms with E-state index in [-0.39, 0.29) is 17.7 Å². The van der Waals surface area contributed by atoms with Gasteiger partial charge in [-0.05, 0) is 24.3 Å². The van der Waals surface area contributed by atoms with E-state index >= 15 is 0 Å². The Bertz CT molecular complexity index is 611. The lowest BCUT2D eigenvalue weighted by Crippen LogP contribution is -2.54. The van der Waals surface area contributed by atoms with Gasteiger partial charge in [-0.3, -0.25) is 9.59 Å². The highest BCUT2D eigenvalue weighted by molar-refractivity contribution is 5.90. The molecule has 0 radical (unpaired) electrons. The molecule has 0 aliphatic heterocycles. The van der Waals surface area contributed by atoms with Crippen LogP contribution < -0.4 is 10.6 Å². The van der Waals surface area contributed by atoms with Crippen molar-refractivity contribution in [2.24, 2.45) is 5.92 Å². The molecule has 142 valence electrons. The number of carbonyl (C=O) groups is 3. The molecular weight excluding hydrogens is 332 g/mol. The molecule has 0 unspecified atom stereocenters. The normalized spacial score (nSPS) is 17.0. The molecule has 0 heterocycles. The number of ether oxygens (including phenoxy) is 1. The van der Waals surface area contributed by atoms with Crippen molar-refractivity contribution in [2.45, 2.75) is 57.5 Å². The van der Waals surface area contributed by atoms with Crippen LogP contribution in [-0.4, -0.2) is 37.0 Å². The molecule has 2 rings (SSSR count). The van der Waals surface area contributed by atoms with Crippen molar-refractivity contribution < 1.29 is 19.1 Å². The standard InChI is InChI=1S/C20H28N2O4/c1-14(23)21-17(13-15-9-5-3-6-10-15)19(24)22-18(20(25)26-2)16-11-7-4-8-12-16/h3,5-6,9-10,16-18H,4,7-8,11-13H2,1-2H3,(H,21,23)(H,22,24)/t17-,18+/m1/s1. The van der Waals surface area contributed by atoms with Crippen molar-refractivity contribution >= 4 is 17.8 Å². The van der Waals surface area contributed by atoms with E-state index in [0.29, 0.717) is 6.42 Å². The van der Waals surface area contributed by atoms with Crippen LogP contribution in [0, 0.1) is 5.92 Å². The van der Waals surface area contributed by atoms with Gasteiger partial charge in [-0.15, -0.1) is 0 Å². The van der Waals surface area contributed by atoms with Gasteiger partial charge in [-0.2, -0.15) is 0 Å². The van der Waals surface area contributed by atoms with Crippen molar-refractivity contribution in [1.29, 1.82) is 0 Å². The SMILES string of the molecule is COC(=O)[C@@H](NC(=O)[C@@H](Cc1ccccc1)NC(C)=O)C1CCCCC1. The fourth-order valence-electron chi connectivity index (χ4n) is 3.52. The van der Waals surface area contributed by atoms with E-state index in [9.17, 15) is 14.4 Å². The summed E-state index contributed by atoms with van der Waals surface area (Å²) in [4.78, 5) is 36.6. The molecule has 0 saturated heterocycles. The first-order chi connectivity index (χ1) is 12.5. The lowest BCUT2D eigenvalue weighted by atomic mass is 9.83. The second kappa shape index (κ2) is 9.94. The second-order valence-electron chi connectivity index (χ2n) is 6.85. The molecule has 0 bridgehead atoms. The maximum absolute atomic E-state index is 12.8. The van der Waals surface area contributed by atoms with Crippen molar-refractivity contribution in [3.05, 3.63) is 35.9 Å². The van der Waals surface area contributed by atoms with Crippen LogP contribution in [0.3, 0.4) is 0 Å². The Morgan fingerprint density at radius 3 is 2.31 bits per heavy atom. The van der Waals surface area contributed by atoms with Gasteiger partial charge >= 0.3 is 5.97 Å². The van der Waals surface area contributed by atoms with Gasteiger partial charge in [0.05, 0.1) is 7.11 Å². The number of benzene rings is 1. The summed E-state index contributed by atoms with van der Waals surface area (Å²) >= 11 is 0. The highest BCUT2D eigenvalue weighted by Gasteiger charge is 2.33. The zero-order chi connectivity index (χ0) is 18.9. The Morgan fingerprint density at radius 1 is 1.08 bits per heavy atom. The van der Waals surface area contributed by atoms with Gasteiger partial charge in [-0.1, -0.05) is 49.6 Å². The summed E-state index contributed by atoms with van der Waals surface area (Å²) in [5.74, 6) is -0.986. The summed E-state index contributed by atoms with van der Waals surface area (Å²) < 4.78 is 4.90. The molecule has 2 N–H and O–H groups in total. The highest BCUT2D eigenvalue weighted by Crippen LogP contribution is 2.27. The van der Waals surface area contributed by atoms with Gasteiger partial charge in [0, 0.05) is 13.3 Å². The summed E-state index contributed by atoms with van der Waals surface area (Å²) in [6.07, 6.45) is 5.40. The molecule has 1 aliphatic carbocycles. The van der Waals surface area contributed by atoms with E-state index < -0.39 is 18.1 Å². The first-order valence-electron chi connectivity index (χ1n) is 9.20. The number of esters is 1. The van der Waals surface area contributed by atoms with Crippen molar-refractivity contribution in [2.75, 3.05) is 7.11 Å². The van der Waals surface area contributed by atoms with Gasteiger partial charge < -0.3 is 15.4 Å². The summed E-state index contributed by atoms with van der Waals surface area (Å²) in [6.45, 7) is 1.38. The average Bonchev–Trinajstić information content (AvgIpc) is 2.66. The van der Waals surface area contributed by atoms with Crippen LogP contribution in [0.5, 0.6) is 0 Å². The Morgan fingerprint density at radius 2 is 1.73 bits per heavy atom. The number of nitrogens with one attached hydrogen (secondary N) is 2. The van der Waals surface area contributed by atoms with E-state index in [4.69, 9.17) is 4.74 Å². The maximum atomic E-state index is 12.8. The summed E-state index contributed by atoms with van der Waals surface area (Å²) in [5.41, 5.74) is 0.939. The fourth-order valence-corrected chi connectivity index (χ4v) is 3.52. The van der Waals surface area contributed by atoms with Crippen LogP contribution in [0.2, 0.25) is 0 Å². The van der Waals surface area contributed by atoms with Crippen LogP contribution in [-0.2, 0) is 25.5 Å². The zero-order valence-electron chi connectivity index (χ0n) is 15.5. The molecule has 2 atom stereocenters. The van der Waals surface area contributed by atoms with Gasteiger partial charge in [0.25, 0.3) is 0 Å². The monoisotopic (exact) mass is 360 g/mol. The summed E-state index contributed by atoms with van der Waals surface area (Å²) in [5, 5.41) is 5.53. The predicted octanol–water partition coefficient (Wildman–Crippen LogP) is 1.97. The predicted molar refractivity (Wildman–Crippen MR) is 98.3 cm³/mol. The molecule has 6 heteroatoms. The number of carbonyl (C=O) groups excluding carboxylic acids is 3. The maximum Gasteiger partial charge on any atom is 0.328 e. The van der Waals surface area contributed by atoms with Crippen molar-refractivity contribution in [3.8, 4) is 0 Å². The molecule has 0 aromatic heterocycles. The van der Waals surface area contributed by atoms with E-state index in [0.717, 1.165) is 37.7 Å². The van der Waals surface area contributed by atoms with Crippen LogP contribution in [0.4, 0.5) is 0 Å². The molecule has 1 aliphatic rings. The van der Waals surface area contributed by atoms with E-state index in [1.807, 2.05) is 30.3 Å². The van der Waals surface area contributed by atoms with Crippen molar-refractivity contribution in [1.82, 2.24) is 10.6 Å². The third-order valence-electron chi connectivity index (χ3n) is 4.85. The Kier molecular flexibility index (Phi) is 7.63. The van der Waals surface area contributed by atoms with Crippen LogP contribution >= 0.6 is 0 Å². The van der Waals surface area contributed by atoms with Crippen molar-refractivity contribution in [3.63, 3.8) is 0 Å². The first-order valence-corrected chi connectivity index (χ1v) is 9.20. The number of methoxy groups -OCH3 is 1. The largest absolute Gasteiger partial charge is 0.467 e. The van der Waals surface area contributed by atoms with E-state index in [1.54, 1.807) is 0 Å². The molecule has 1 saturated carbocycles. The number of rotatable bonds is 7. The lowest BCUT2D eigenvalue weighted by Gasteiger charge is -2.30. The third-order valence-corrected chi connectivity index (χ3v) is 4.85. The van der Waals surface area contributed by atoms with E-state index in [2.05, 4.69) is 10.6 Å². The van der Waals surface area contributed by atoms with Crippen LogP contribution in [0.1, 0.15) is 44.6 Å². The van der Waals surface area contributed by atoms with Gasteiger partial charge in [-0.25, -0.2) is 4.79 Å². The molecule has 0 spiro atoms. The second-order valence-corrected chi connectivity index (χ2v) is 6.85. The molecule has 26 heavy (non-hydrogen) atoms. The Labute approximate surface area is 154 Å². The topological polar surface area (TPSA) is 84.5 Å². The Balaban J connectivity index is 2.11. The lowest BCUT2D eigenvalue weighted by molar-refractivity contribution is -0.147. The highest BCUT2D eigenvalue weighted by atomic mass is 16.5. The number of amides is 2. The smallest absolute Gasteiger partial charge is 0.328 e. The first kappa shape index (κ1) is 19.9. The minimum atomic E-state index is -0.731. The van der Waals surface area contributed by atoms with E-state index in [1.165, 1.54) is 14.0 Å². The quantitative estimate of drug-likeness (QED) is 0.728. The van der Waals surface area contributed by atoms with Gasteiger partial charge in [0.2, 0.25) is 11.8 Å². The number of hydrogen-bond acceptors (Lipinski definition) is 4. The molecule has 1 aromatic carbocycles. The van der Waals surface area contributed by atoms with Gasteiger partial charge in [0.1, 0.15) is 12.1 Å². The summed E-state index contributed by atoms with van der Waals surface area (Å²) in [7, 11) is 1.33. The fraction of sp³-hybridized carbons (Fsp3) is 0.550. The molecule has 2 amide bonds. The minimum absolute atomic E-state index is 0.0786. The molecule has 1 aromatic rings. The minimum Gasteiger partial charge on any atom is -0.467 e. The third kappa shape index (κ3) is 5.86. The molecule has 6 nitrogen and oxygen atoms in total. The van der Waals surface area contributed by atoms with Gasteiger partial charge in [0.15, 0.2) is 0 Å². The number of hydrogen-bond donors (Lipinski definition) is 2. The zero-order valence-corrected chi connectivity index (χ0v) is 15.5. The summed E-state index contributed by atoms with van der Waals surface area (Å²) in [6, 6.07) is 8.08. The van der Waals surface area contributed by atoms with Crippen LogP contribution in [0.25, 0.3) is 0 Å². The molecule has 1 fully saturated rings. The Hall–Kier alpha value is -2.37. The average molecular weight is 360 g/mol.